The fourth-order valence-electron chi connectivity index (χ4n) is 1.50. The van der Waals surface area contributed by atoms with Gasteiger partial charge in [0.15, 0.2) is 0 Å². The molecule has 0 aliphatic rings. The predicted molar refractivity (Wildman–Crippen MR) is 62.8 cm³/mol. The maximum atomic E-state index is 12.8. The summed E-state index contributed by atoms with van der Waals surface area (Å²) in [7, 11) is 1.37. The largest absolute Gasteiger partial charge is 0.452 e. The van der Waals surface area contributed by atoms with Gasteiger partial charge in [0.25, 0.3) is 0 Å². The van der Waals surface area contributed by atoms with Gasteiger partial charge in [0, 0.05) is 12.7 Å². The summed E-state index contributed by atoms with van der Waals surface area (Å²) in [6, 6.07) is 5.93. The van der Waals surface area contributed by atoms with E-state index in [-0.39, 0.29) is 10.5 Å². The molecule has 2 rings (SSSR count). The van der Waals surface area contributed by atoms with Gasteiger partial charge in [-0.3, -0.25) is 4.57 Å². The van der Waals surface area contributed by atoms with Crippen molar-refractivity contribution in [3.63, 3.8) is 0 Å². The van der Waals surface area contributed by atoms with Crippen molar-refractivity contribution in [1.82, 2.24) is 14.3 Å². The van der Waals surface area contributed by atoms with Crippen molar-refractivity contribution in [2.24, 2.45) is 7.05 Å². The minimum Gasteiger partial charge on any atom is -0.399 e. The summed E-state index contributed by atoms with van der Waals surface area (Å²) in [5, 5.41) is 3.40. The number of hydrogen-bond donors (Lipinski definition) is 1. The number of halogens is 3. The summed E-state index contributed by atoms with van der Waals surface area (Å²) in [5.41, 5.74) is 6.23. The fourth-order valence-corrected chi connectivity index (χ4v) is 1.74. The van der Waals surface area contributed by atoms with Gasteiger partial charge >= 0.3 is 6.18 Å². The molecular formula is C10H9F3N4S. The Labute approximate surface area is 105 Å². The summed E-state index contributed by atoms with van der Waals surface area (Å²) in [4.78, 5) is 0. The average Bonchev–Trinajstić information content (AvgIpc) is 2.57. The third-order valence-corrected chi connectivity index (χ3v) is 2.78. The molecule has 18 heavy (non-hydrogen) atoms. The van der Waals surface area contributed by atoms with Gasteiger partial charge in [-0.15, -0.1) is 5.10 Å². The fraction of sp³-hybridized carbons (Fsp3) is 0.200. The maximum Gasteiger partial charge on any atom is 0.452 e. The van der Waals surface area contributed by atoms with E-state index in [4.69, 9.17) is 18.0 Å². The summed E-state index contributed by atoms with van der Waals surface area (Å²) >= 11 is 4.93. The molecule has 0 amide bonds. The number of alkyl halides is 3. The molecule has 2 aromatic rings. The van der Waals surface area contributed by atoms with Crippen LogP contribution in [0.15, 0.2) is 24.3 Å². The molecule has 1 aromatic carbocycles. The van der Waals surface area contributed by atoms with Crippen molar-refractivity contribution in [3.8, 4) is 5.69 Å². The second-order valence-corrected chi connectivity index (χ2v) is 4.02. The van der Waals surface area contributed by atoms with E-state index >= 15 is 0 Å². The van der Waals surface area contributed by atoms with Crippen LogP contribution < -0.4 is 5.73 Å². The zero-order valence-corrected chi connectivity index (χ0v) is 10.1. The van der Waals surface area contributed by atoms with Gasteiger partial charge < -0.3 is 5.73 Å². The number of nitrogens with zero attached hydrogens (tertiary/aromatic N) is 3. The molecule has 1 heterocycles. The lowest BCUT2D eigenvalue weighted by Gasteiger charge is -2.09. The number of anilines is 1. The summed E-state index contributed by atoms with van der Waals surface area (Å²) in [6.07, 6.45) is -4.57. The zero-order chi connectivity index (χ0) is 13.5. The maximum absolute atomic E-state index is 12.8. The van der Waals surface area contributed by atoms with Crippen LogP contribution in [0.4, 0.5) is 18.9 Å². The average molecular weight is 274 g/mol. The molecule has 0 radical (unpaired) electrons. The van der Waals surface area contributed by atoms with Crippen molar-refractivity contribution >= 4 is 17.9 Å². The van der Waals surface area contributed by atoms with E-state index in [1.54, 1.807) is 0 Å². The highest BCUT2D eigenvalue weighted by Crippen LogP contribution is 2.30. The first kappa shape index (κ1) is 12.6. The van der Waals surface area contributed by atoms with Crippen LogP contribution in [-0.4, -0.2) is 14.3 Å². The lowest BCUT2D eigenvalue weighted by atomic mass is 10.3. The lowest BCUT2D eigenvalue weighted by Crippen LogP contribution is -2.14. The van der Waals surface area contributed by atoms with Crippen LogP contribution in [0.5, 0.6) is 0 Å². The third-order valence-electron chi connectivity index (χ3n) is 2.33. The molecule has 0 spiro atoms. The lowest BCUT2D eigenvalue weighted by molar-refractivity contribution is -0.146. The monoisotopic (exact) mass is 274 g/mol. The van der Waals surface area contributed by atoms with E-state index in [1.165, 1.54) is 31.3 Å². The van der Waals surface area contributed by atoms with E-state index in [9.17, 15) is 13.2 Å². The number of nitrogen functional groups attached to an aromatic ring is 1. The first-order valence-corrected chi connectivity index (χ1v) is 5.30. The standard InChI is InChI=1S/C10H9F3N4S/c1-16-9(18)17(8(15-16)10(11,12)13)7-4-2-6(14)3-5-7/h2-5H,14H2,1H3. The van der Waals surface area contributed by atoms with Crippen LogP contribution in [0, 0.1) is 4.77 Å². The molecule has 0 atom stereocenters. The van der Waals surface area contributed by atoms with Crippen LogP contribution in [0.25, 0.3) is 5.69 Å². The Balaban J connectivity index is 2.70. The number of benzene rings is 1. The summed E-state index contributed by atoms with van der Waals surface area (Å²) < 4.78 is 40.4. The SMILES string of the molecule is Cn1nc(C(F)(F)F)n(-c2ccc(N)cc2)c1=S. The van der Waals surface area contributed by atoms with E-state index in [0.29, 0.717) is 5.69 Å². The van der Waals surface area contributed by atoms with Crippen LogP contribution in [-0.2, 0) is 13.2 Å². The Bertz CT molecular complexity index is 624. The van der Waals surface area contributed by atoms with E-state index in [1.807, 2.05) is 0 Å². The van der Waals surface area contributed by atoms with Gasteiger partial charge in [0.05, 0.1) is 5.69 Å². The summed E-state index contributed by atoms with van der Waals surface area (Å²) in [5.74, 6) is -1.06. The van der Waals surface area contributed by atoms with Crippen LogP contribution in [0.2, 0.25) is 0 Å². The van der Waals surface area contributed by atoms with E-state index in [2.05, 4.69) is 5.10 Å². The number of rotatable bonds is 1. The minimum atomic E-state index is -4.57. The van der Waals surface area contributed by atoms with E-state index in [0.717, 1.165) is 9.25 Å². The Kier molecular flexibility index (Phi) is 2.89. The smallest absolute Gasteiger partial charge is 0.399 e. The molecule has 1 aromatic heterocycles. The van der Waals surface area contributed by atoms with Gasteiger partial charge in [-0.25, -0.2) is 4.68 Å². The normalized spacial score (nSPS) is 11.8. The third kappa shape index (κ3) is 2.10. The molecule has 4 nitrogen and oxygen atoms in total. The Morgan fingerprint density at radius 2 is 1.78 bits per heavy atom. The highest BCUT2D eigenvalue weighted by molar-refractivity contribution is 7.71. The number of aryl methyl sites for hydroxylation is 1. The molecule has 0 unspecified atom stereocenters. The molecule has 0 bridgehead atoms. The van der Waals surface area contributed by atoms with Gasteiger partial charge in [0.1, 0.15) is 0 Å². The highest BCUT2D eigenvalue weighted by atomic mass is 32.1. The number of aromatic nitrogens is 3. The second-order valence-electron chi connectivity index (χ2n) is 3.65. The molecule has 0 aliphatic heterocycles. The van der Waals surface area contributed by atoms with Crippen molar-refractivity contribution in [2.45, 2.75) is 6.18 Å². The molecular weight excluding hydrogens is 265 g/mol. The highest BCUT2D eigenvalue weighted by Gasteiger charge is 2.38. The first-order chi connectivity index (χ1) is 8.30. The minimum absolute atomic E-state index is 0.0351. The quantitative estimate of drug-likeness (QED) is 0.642. The van der Waals surface area contributed by atoms with Crippen molar-refractivity contribution in [2.75, 3.05) is 5.73 Å². The number of hydrogen-bond acceptors (Lipinski definition) is 3. The Morgan fingerprint density at radius 3 is 2.28 bits per heavy atom. The van der Waals surface area contributed by atoms with Crippen LogP contribution in [0.3, 0.4) is 0 Å². The van der Waals surface area contributed by atoms with Crippen LogP contribution in [0.1, 0.15) is 5.82 Å². The molecule has 0 fully saturated rings. The topological polar surface area (TPSA) is 48.8 Å². The van der Waals surface area contributed by atoms with Gasteiger partial charge in [0.2, 0.25) is 10.6 Å². The van der Waals surface area contributed by atoms with Crippen molar-refractivity contribution < 1.29 is 13.2 Å². The molecule has 96 valence electrons. The molecule has 0 saturated heterocycles. The van der Waals surface area contributed by atoms with Gasteiger partial charge in [-0.2, -0.15) is 13.2 Å². The Hall–Kier alpha value is -1.83. The molecule has 0 aliphatic carbocycles. The Morgan fingerprint density at radius 1 is 1.22 bits per heavy atom. The molecule has 8 heteroatoms. The molecule has 0 saturated carbocycles. The van der Waals surface area contributed by atoms with Gasteiger partial charge in [-0.05, 0) is 36.5 Å². The molecule has 2 N–H and O–H groups in total. The predicted octanol–water partition coefficient (Wildman–Crippen LogP) is 2.54. The van der Waals surface area contributed by atoms with E-state index < -0.39 is 12.0 Å². The van der Waals surface area contributed by atoms with Crippen molar-refractivity contribution in [3.05, 3.63) is 34.9 Å². The summed E-state index contributed by atoms with van der Waals surface area (Å²) in [6.45, 7) is 0. The van der Waals surface area contributed by atoms with Crippen LogP contribution >= 0.6 is 12.2 Å². The first-order valence-electron chi connectivity index (χ1n) is 4.90. The van der Waals surface area contributed by atoms with Crippen molar-refractivity contribution in [1.29, 1.82) is 0 Å². The second kappa shape index (κ2) is 4.13. The number of nitrogens with two attached hydrogens (primary N) is 1. The zero-order valence-electron chi connectivity index (χ0n) is 9.27. The van der Waals surface area contributed by atoms with Gasteiger partial charge in [-0.1, -0.05) is 0 Å².